The quantitative estimate of drug-likeness (QED) is 0.179. The molecule has 11 aromatic rings. The van der Waals surface area contributed by atoms with Crippen LogP contribution in [0.1, 0.15) is 0 Å². The number of fused-ring (bicyclic) bond motifs is 8. The number of hydrogen-bond acceptors (Lipinski definition) is 5. The first-order chi connectivity index (χ1) is 26.8. The summed E-state index contributed by atoms with van der Waals surface area (Å²) in [6.45, 7) is 0. The van der Waals surface area contributed by atoms with Crippen LogP contribution in [-0.4, -0.2) is 15.0 Å². The van der Waals surface area contributed by atoms with Crippen molar-refractivity contribution in [2.24, 2.45) is 0 Å². The lowest BCUT2D eigenvalue weighted by atomic mass is 9.92. The van der Waals surface area contributed by atoms with Crippen molar-refractivity contribution in [2.45, 2.75) is 0 Å². The van der Waals surface area contributed by atoms with E-state index >= 15 is 0 Å². The molecule has 11 rings (SSSR count). The summed E-state index contributed by atoms with van der Waals surface area (Å²) in [6, 6.07) is 61.4. The first-order valence-corrected chi connectivity index (χ1v) is 18.8. The summed E-state index contributed by atoms with van der Waals surface area (Å²) in [7, 11) is 0. The van der Waals surface area contributed by atoms with Crippen molar-refractivity contribution in [2.75, 3.05) is 0 Å². The first-order valence-electron chi connectivity index (χ1n) is 18.0. The van der Waals surface area contributed by atoms with E-state index in [-0.39, 0.29) is 0 Å². The Hall–Kier alpha value is -6.95. The third-order valence-electron chi connectivity index (χ3n) is 10.3. The van der Waals surface area contributed by atoms with Crippen LogP contribution in [0.25, 0.3) is 109 Å². The van der Waals surface area contributed by atoms with Gasteiger partial charge in [-0.15, -0.1) is 11.3 Å². The minimum Gasteiger partial charge on any atom is -0.455 e. The molecule has 0 N–H and O–H groups in total. The highest BCUT2D eigenvalue weighted by Gasteiger charge is 2.20. The summed E-state index contributed by atoms with van der Waals surface area (Å²) in [5.74, 6) is 1.90. The van der Waals surface area contributed by atoms with Gasteiger partial charge in [-0.05, 0) is 46.3 Å². The highest BCUT2D eigenvalue weighted by atomic mass is 32.1. The second-order valence-electron chi connectivity index (χ2n) is 13.5. The van der Waals surface area contributed by atoms with Gasteiger partial charge >= 0.3 is 0 Å². The van der Waals surface area contributed by atoms with Crippen LogP contribution in [0.4, 0.5) is 0 Å². The van der Waals surface area contributed by atoms with E-state index < -0.39 is 0 Å². The highest BCUT2D eigenvalue weighted by Crippen LogP contribution is 2.46. The molecule has 8 aromatic carbocycles. The Kier molecular flexibility index (Phi) is 7.00. The number of rotatable bonds is 5. The molecule has 0 saturated carbocycles. The van der Waals surface area contributed by atoms with E-state index in [9.17, 15) is 0 Å². The van der Waals surface area contributed by atoms with E-state index in [1.54, 1.807) is 0 Å². The number of thiophene rings is 1. The molecule has 3 aromatic heterocycles. The van der Waals surface area contributed by atoms with Crippen LogP contribution in [0.3, 0.4) is 0 Å². The van der Waals surface area contributed by atoms with Crippen LogP contribution in [-0.2, 0) is 0 Å². The highest BCUT2D eigenvalue weighted by molar-refractivity contribution is 7.26. The third-order valence-corrected chi connectivity index (χ3v) is 11.5. The molecule has 0 fully saturated rings. The Balaban J connectivity index is 1.12. The smallest absolute Gasteiger partial charge is 0.164 e. The van der Waals surface area contributed by atoms with Crippen molar-refractivity contribution < 1.29 is 4.42 Å². The zero-order valence-corrected chi connectivity index (χ0v) is 29.7. The van der Waals surface area contributed by atoms with Crippen LogP contribution in [0, 0.1) is 0 Å². The molecule has 0 aliphatic carbocycles. The van der Waals surface area contributed by atoms with Crippen LogP contribution in [0.2, 0.25) is 0 Å². The van der Waals surface area contributed by atoms with E-state index in [1.165, 1.54) is 36.7 Å². The third kappa shape index (κ3) is 4.94. The molecule has 0 aliphatic rings. The second-order valence-corrected chi connectivity index (χ2v) is 14.6. The average molecular weight is 708 g/mol. The minimum atomic E-state index is 0.624. The number of nitrogens with zero attached hydrogens (tertiary/aromatic N) is 3. The summed E-state index contributed by atoms with van der Waals surface area (Å²) < 4.78 is 9.36. The predicted molar refractivity (Wildman–Crippen MR) is 225 cm³/mol. The molecular weight excluding hydrogens is 679 g/mol. The molecule has 0 radical (unpaired) electrons. The molecule has 0 saturated heterocycles. The van der Waals surface area contributed by atoms with Gasteiger partial charge in [-0.25, -0.2) is 15.0 Å². The van der Waals surface area contributed by atoms with Gasteiger partial charge in [0.2, 0.25) is 0 Å². The monoisotopic (exact) mass is 707 g/mol. The average Bonchev–Trinajstić information content (AvgIpc) is 3.83. The van der Waals surface area contributed by atoms with Crippen LogP contribution >= 0.6 is 11.3 Å². The Morgan fingerprint density at radius 3 is 1.69 bits per heavy atom. The SMILES string of the molecule is c1ccc(-c2nc(-c3ccccc3)nc(-c3cccc(-c4cccc5oc6c7ccccc7c(-c7cccc8c7sc7ccccc78)cc6c45)c3)n2)cc1. The van der Waals surface area contributed by atoms with Crippen molar-refractivity contribution in [3.8, 4) is 56.4 Å². The minimum absolute atomic E-state index is 0.624. The zero-order valence-electron chi connectivity index (χ0n) is 28.9. The lowest BCUT2D eigenvalue weighted by Gasteiger charge is -2.11. The first kappa shape index (κ1) is 30.7. The summed E-state index contributed by atoms with van der Waals surface area (Å²) in [6.07, 6.45) is 0. The van der Waals surface area contributed by atoms with E-state index in [2.05, 4.69) is 115 Å². The maximum absolute atomic E-state index is 6.77. The topological polar surface area (TPSA) is 51.8 Å². The van der Waals surface area contributed by atoms with Crippen molar-refractivity contribution in [1.29, 1.82) is 0 Å². The number of aromatic nitrogens is 3. The van der Waals surface area contributed by atoms with Gasteiger partial charge in [-0.3, -0.25) is 0 Å². The van der Waals surface area contributed by atoms with Gasteiger partial charge in [0.05, 0.1) is 0 Å². The van der Waals surface area contributed by atoms with Crippen LogP contribution < -0.4 is 0 Å². The Morgan fingerprint density at radius 1 is 0.370 bits per heavy atom. The van der Waals surface area contributed by atoms with Gasteiger partial charge in [0, 0.05) is 58.6 Å². The van der Waals surface area contributed by atoms with Crippen molar-refractivity contribution >= 4 is 64.2 Å². The maximum atomic E-state index is 6.77. The number of hydrogen-bond donors (Lipinski definition) is 0. The fourth-order valence-corrected chi connectivity index (χ4v) is 9.06. The molecule has 0 bridgehead atoms. The van der Waals surface area contributed by atoms with E-state index in [0.29, 0.717) is 17.5 Å². The maximum Gasteiger partial charge on any atom is 0.164 e. The molecule has 5 heteroatoms. The van der Waals surface area contributed by atoms with Gasteiger partial charge in [0.25, 0.3) is 0 Å². The van der Waals surface area contributed by atoms with Crippen molar-refractivity contribution in [3.63, 3.8) is 0 Å². The van der Waals surface area contributed by atoms with Gasteiger partial charge in [0.15, 0.2) is 17.5 Å². The molecule has 252 valence electrons. The molecular formula is C49H29N3OS. The molecule has 0 atom stereocenters. The Labute approximate surface area is 314 Å². The lowest BCUT2D eigenvalue weighted by molar-refractivity contribution is 0.673. The van der Waals surface area contributed by atoms with Gasteiger partial charge in [0.1, 0.15) is 11.2 Å². The standard InChI is InChI=1S/C49H29N3OS/c1-3-14-30(15-4-1)47-50-48(31-16-5-2-6-17-31)52-49(51-47)33-19-11-18-32(28-33)34-23-13-26-42-44(34)41-29-40(35-20-7-8-22-37(35)45(41)53-42)39-25-12-24-38-36-21-9-10-27-43(36)54-46(38)39/h1-29H. The van der Waals surface area contributed by atoms with Crippen molar-refractivity contribution in [1.82, 2.24) is 15.0 Å². The Morgan fingerprint density at radius 2 is 0.926 bits per heavy atom. The fraction of sp³-hybridized carbons (Fsp3) is 0. The van der Waals surface area contributed by atoms with Gasteiger partial charge < -0.3 is 4.42 Å². The molecule has 0 aliphatic heterocycles. The molecule has 4 nitrogen and oxygen atoms in total. The zero-order chi connectivity index (χ0) is 35.6. The summed E-state index contributed by atoms with van der Waals surface area (Å²) in [4.78, 5) is 14.9. The summed E-state index contributed by atoms with van der Waals surface area (Å²) in [5, 5.41) is 7.05. The molecule has 0 unspecified atom stereocenters. The predicted octanol–water partition coefficient (Wildman–Crippen LogP) is 13.6. The normalized spacial score (nSPS) is 11.7. The van der Waals surface area contributed by atoms with E-state index in [0.717, 1.165) is 55.1 Å². The van der Waals surface area contributed by atoms with Crippen LogP contribution in [0.5, 0.6) is 0 Å². The van der Waals surface area contributed by atoms with E-state index in [4.69, 9.17) is 19.4 Å². The molecule has 0 spiro atoms. The number of benzene rings is 8. The summed E-state index contributed by atoms with van der Waals surface area (Å²) in [5.41, 5.74) is 9.14. The number of furan rings is 1. The molecule has 0 amide bonds. The van der Waals surface area contributed by atoms with Crippen LogP contribution in [0.15, 0.2) is 180 Å². The second kappa shape index (κ2) is 12.3. The van der Waals surface area contributed by atoms with Gasteiger partial charge in [-0.1, -0.05) is 152 Å². The fourth-order valence-electron chi connectivity index (χ4n) is 7.83. The lowest BCUT2D eigenvalue weighted by Crippen LogP contribution is -2.00. The molecule has 3 heterocycles. The van der Waals surface area contributed by atoms with Crippen molar-refractivity contribution in [3.05, 3.63) is 176 Å². The largest absolute Gasteiger partial charge is 0.455 e. The summed E-state index contributed by atoms with van der Waals surface area (Å²) >= 11 is 1.86. The van der Waals surface area contributed by atoms with E-state index in [1.807, 2.05) is 72.0 Å². The molecule has 54 heavy (non-hydrogen) atoms. The van der Waals surface area contributed by atoms with Gasteiger partial charge in [-0.2, -0.15) is 0 Å². The Bertz CT molecular complexity index is 3160.